The van der Waals surface area contributed by atoms with Gasteiger partial charge in [0.2, 0.25) is 10.0 Å². The third kappa shape index (κ3) is 11.0. The van der Waals surface area contributed by atoms with Crippen LogP contribution in [-0.4, -0.2) is 31.5 Å². The number of aromatic amines is 1. The monoisotopic (exact) mass is 550 g/mol. The van der Waals surface area contributed by atoms with E-state index in [1.54, 1.807) is 30.4 Å². The first kappa shape index (κ1) is 31.7. The molecule has 39 heavy (non-hydrogen) atoms. The molecule has 2 aromatic carbocycles. The van der Waals surface area contributed by atoms with Gasteiger partial charge in [0.1, 0.15) is 11.5 Å². The van der Waals surface area contributed by atoms with E-state index in [9.17, 15) is 13.2 Å². The fraction of sp³-hybridized carbons (Fsp3) is 0.281. The predicted octanol–water partition coefficient (Wildman–Crippen LogP) is 7.37. The number of sulfonamides is 1. The van der Waals surface area contributed by atoms with Gasteiger partial charge in [-0.15, -0.1) is 13.2 Å². The Bertz CT molecular complexity index is 1310. The number of H-pyrrole nitrogens is 1. The molecule has 0 aliphatic heterocycles. The molecule has 0 bridgehead atoms. The van der Waals surface area contributed by atoms with E-state index >= 15 is 4.39 Å². The van der Waals surface area contributed by atoms with Gasteiger partial charge >= 0.3 is 0 Å². The lowest BCUT2D eigenvalue weighted by Crippen LogP contribution is -2.36. The van der Waals surface area contributed by atoms with Crippen molar-refractivity contribution in [3.63, 3.8) is 0 Å². The number of alkyl halides is 1. The average Bonchev–Trinajstić information content (AvgIpc) is 3.44. The summed E-state index contributed by atoms with van der Waals surface area (Å²) in [4.78, 5) is 13.7. The molecule has 3 rings (SSSR count). The first-order valence-corrected chi connectivity index (χ1v) is 14.5. The number of halogens is 1. The van der Waals surface area contributed by atoms with Crippen molar-refractivity contribution < 1.29 is 17.6 Å². The van der Waals surface area contributed by atoms with Gasteiger partial charge in [0.25, 0.3) is 0 Å². The summed E-state index contributed by atoms with van der Waals surface area (Å²) in [6.07, 6.45) is 9.43. The van der Waals surface area contributed by atoms with Crippen molar-refractivity contribution in [1.82, 2.24) is 9.71 Å². The van der Waals surface area contributed by atoms with Crippen molar-refractivity contribution in [2.24, 2.45) is 5.92 Å². The van der Waals surface area contributed by atoms with Crippen LogP contribution in [0.5, 0.6) is 0 Å². The lowest BCUT2D eigenvalue weighted by molar-refractivity contribution is -0.117. The number of rotatable bonds is 13. The highest BCUT2D eigenvalue weighted by molar-refractivity contribution is 7.89. The zero-order chi connectivity index (χ0) is 28.9. The summed E-state index contributed by atoms with van der Waals surface area (Å²) in [5.74, 6) is 0.290. The Labute approximate surface area is 232 Å². The van der Waals surface area contributed by atoms with Crippen LogP contribution in [0.3, 0.4) is 0 Å². The number of allylic oxidation sites excluding steroid dienone is 3. The molecule has 1 unspecified atom stereocenters. The van der Waals surface area contributed by atoms with Crippen LogP contribution in [0.1, 0.15) is 39.2 Å². The van der Waals surface area contributed by atoms with Gasteiger partial charge in [-0.25, -0.2) is 17.5 Å². The van der Waals surface area contributed by atoms with E-state index in [0.29, 0.717) is 18.4 Å². The van der Waals surface area contributed by atoms with Crippen LogP contribution < -0.4 is 4.72 Å². The molecule has 0 fully saturated rings. The van der Waals surface area contributed by atoms with Crippen LogP contribution in [-0.2, 0) is 20.5 Å². The molecule has 0 aliphatic rings. The van der Waals surface area contributed by atoms with Crippen LogP contribution >= 0.6 is 0 Å². The van der Waals surface area contributed by atoms with E-state index in [1.165, 1.54) is 6.92 Å². The number of carbonyl (C=O) groups is 1. The van der Waals surface area contributed by atoms with Gasteiger partial charge in [0.05, 0.1) is 5.75 Å². The fourth-order valence-corrected chi connectivity index (χ4v) is 4.60. The number of benzene rings is 2. The number of hydrogen-bond donors (Lipinski definition) is 2. The Morgan fingerprint density at radius 2 is 1.51 bits per heavy atom. The smallest absolute Gasteiger partial charge is 0.215 e. The van der Waals surface area contributed by atoms with Gasteiger partial charge in [0.15, 0.2) is 0 Å². The minimum atomic E-state index is -3.57. The standard InChI is InChI=1S/C25H29FN2O2S.C7H10O/c1-19(2)6-5-17-31(29,30)28-18-25(3,26)23-14-12-21(13-15-23)20-8-10-22(11-9-20)24-7-4-16-27-24;1-3-5-7(8)6-4-2/h4-16,19,27-28H,17-18H2,1-3H3;3-4H,1-2,5-6H2. The third-order valence-electron chi connectivity index (χ3n) is 5.82. The molecule has 1 atom stereocenters. The molecular weight excluding hydrogens is 511 g/mol. The zero-order valence-corrected chi connectivity index (χ0v) is 23.8. The highest BCUT2D eigenvalue weighted by Crippen LogP contribution is 2.29. The second-order valence-corrected chi connectivity index (χ2v) is 11.6. The topological polar surface area (TPSA) is 79.0 Å². The molecule has 1 aromatic heterocycles. The number of carbonyl (C=O) groups excluding carboxylic acids is 1. The number of aromatic nitrogens is 1. The van der Waals surface area contributed by atoms with Crippen molar-refractivity contribution in [1.29, 1.82) is 0 Å². The number of Topliss-reactive ketones (excluding diaryl/α,β-unsaturated/α-hetero) is 1. The molecule has 5 nitrogen and oxygen atoms in total. The molecule has 0 aliphatic carbocycles. The molecule has 7 heteroatoms. The maximum Gasteiger partial charge on any atom is 0.215 e. The van der Waals surface area contributed by atoms with Crippen LogP contribution in [0.4, 0.5) is 4.39 Å². The molecule has 0 saturated heterocycles. The second-order valence-electron chi connectivity index (χ2n) is 9.73. The molecular formula is C32H39FN2O3S. The van der Waals surface area contributed by atoms with Gasteiger partial charge in [-0.1, -0.05) is 86.7 Å². The quantitative estimate of drug-likeness (QED) is 0.218. The molecule has 0 radical (unpaired) electrons. The highest BCUT2D eigenvalue weighted by Gasteiger charge is 2.27. The first-order chi connectivity index (χ1) is 18.5. The van der Waals surface area contributed by atoms with Crippen LogP contribution in [0.15, 0.2) is 104 Å². The Kier molecular flexibility index (Phi) is 12.3. The largest absolute Gasteiger partial charge is 0.361 e. The SMILES string of the molecule is C=CCC(=O)CC=C.CC(C)C=CCS(=O)(=O)NCC(C)(F)c1ccc(-c2ccc(-c3ccc[nH]3)cc2)cc1. The Morgan fingerprint density at radius 1 is 0.974 bits per heavy atom. The summed E-state index contributed by atoms with van der Waals surface area (Å²) >= 11 is 0. The molecule has 3 aromatic rings. The molecule has 0 saturated carbocycles. The third-order valence-corrected chi connectivity index (χ3v) is 7.03. The van der Waals surface area contributed by atoms with E-state index in [2.05, 4.69) is 22.9 Å². The lowest BCUT2D eigenvalue weighted by Gasteiger charge is -2.21. The van der Waals surface area contributed by atoms with Crippen LogP contribution in [0, 0.1) is 5.92 Å². The van der Waals surface area contributed by atoms with Crippen molar-refractivity contribution >= 4 is 15.8 Å². The molecule has 0 amide bonds. The summed E-state index contributed by atoms with van der Waals surface area (Å²) in [5.41, 5.74) is 2.76. The summed E-state index contributed by atoms with van der Waals surface area (Å²) in [5, 5.41) is 0. The van der Waals surface area contributed by atoms with Gasteiger partial charge in [-0.3, -0.25) is 4.79 Å². The molecule has 2 N–H and O–H groups in total. The van der Waals surface area contributed by atoms with Gasteiger partial charge in [-0.05, 0) is 47.2 Å². The van der Waals surface area contributed by atoms with Crippen molar-refractivity contribution in [3.05, 3.63) is 110 Å². The first-order valence-electron chi connectivity index (χ1n) is 12.9. The second kappa shape index (κ2) is 15.1. The van der Waals surface area contributed by atoms with E-state index in [1.807, 2.05) is 74.7 Å². The lowest BCUT2D eigenvalue weighted by atomic mass is 9.95. The number of ketones is 1. The van der Waals surface area contributed by atoms with Crippen molar-refractivity contribution in [2.75, 3.05) is 12.3 Å². The predicted molar refractivity (Wildman–Crippen MR) is 161 cm³/mol. The van der Waals surface area contributed by atoms with Gasteiger partial charge in [0, 0.05) is 31.3 Å². The highest BCUT2D eigenvalue weighted by atomic mass is 32.2. The molecule has 208 valence electrons. The zero-order valence-electron chi connectivity index (χ0n) is 23.0. The van der Waals surface area contributed by atoms with E-state index in [-0.39, 0.29) is 24.0 Å². The normalized spacial score (nSPS) is 12.9. The number of hydrogen-bond acceptors (Lipinski definition) is 3. The molecule has 0 spiro atoms. The van der Waals surface area contributed by atoms with Crippen molar-refractivity contribution in [3.8, 4) is 22.4 Å². The van der Waals surface area contributed by atoms with E-state index in [4.69, 9.17) is 0 Å². The Balaban J connectivity index is 0.000000580. The minimum Gasteiger partial charge on any atom is -0.361 e. The summed E-state index contributed by atoms with van der Waals surface area (Å²) in [6, 6.07) is 19.2. The summed E-state index contributed by atoms with van der Waals surface area (Å²) < 4.78 is 41.8. The maximum absolute atomic E-state index is 15.2. The van der Waals surface area contributed by atoms with E-state index < -0.39 is 15.7 Å². The Hall–Kier alpha value is -3.55. The summed E-state index contributed by atoms with van der Waals surface area (Å²) in [6.45, 7) is 11.9. The van der Waals surface area contributed by atoms with Gasteiger partial charge < -0.3 is 4.98 Å². The molecule has 1 heterocycles. The average molecular weight is 551 g/mol. The minimum absolute atomic E-state index is 0.154. The van der Waals surface area contributed by atoms with Crippen LogP contribution in [0.2, 0.25) is 0 Å². The summed E-state index contributed by atoms with van der Waals surface area (Å²) in [7, 11) is -3.57. The maximum atomic E-state index is 15.2. The fourth-order valence-electron chi connectivity index (χ4n) is 3.63. The van der Waals surface area contributed by atoms with E-state index in [0.717, 1.165) is 22.4 Å². The van der Waals surface area contributed by atoms with Crippen LogP contribution in [0.25, 0.3) is 22.4 Å². The van der Waals surface area contributed by atoms with Gasteiger partial charge in [-0.2, -0.15) is 0 Å². The Morgan fingerprint density at radius 3 is 2.00 bits per heavy atom. The number of nitrogens with one attached hydrogen (secondary N) is 2. The van der Waals surface area contributed by atoms with Crippen molar-refractivity contribution in [2.45, 2.75) is 39.3 Å².